The molecule has 0 atom stereocenters. The lowest BCUT2D eigenvalue weighted by molar-refractivity contribution is 0.0908. The Morgan fingerprint density at radius 1 is 0.833 bits per heavy atom. The zero-order valence-electron chi connectivity index (χ0n) is 21.6. The van der Waals surface area contributed by atoms with E-state index in [1.165, 1.54) is 21.9 Å². The van der Waals surface area contributed by atoms with Crippen LogP contribution in [-0.4, -0.2) is 80.1 Å². The quantitative estimate of drug-likeness (QED) is 0.547. The molecule has 0 spiro atoms. The van der Waals surface area contributed by atoms with Crippen molar-refractivity contribution in [1.82, 2.24) is 20.0 Å². The molecule has 5 rings (SSSR count). The number of nitrogens with one attached hydrogen (secondary N) is 1. The summed E-state index contributed by atoms with van der Waals surface area (Å²) in [5, 5.41) is 5.85. The number of carbonyl (C=O) groups is 1. The highest BCUT2D eigenvalue weighted by molar-refractivity contribution is 5.94. The molecule has 0 saturated carbocycles. The average Bonchev–Trinajstić information content (AvgIpc) is 2.91. The van der Waals surface area contributed by atoms with E-state index in [1.807, 2.05) is 18.2 Å². The third-order valence-electron chi connectivity index (χ3n) is 7.63. The van der Waals surface area contributed by atoms with Crippen LogP contribution in [-0.2, 0) is 13.1 Å². The number of piperidine rings is 1. The van der Waals surface area contributed by atoms with Gasteiger partial charge in [-0.1, -0.05) is 30.3 Å². The van der Waals surface area contributed by atoms with Crippen molar-refractivity contribution in [2.75, 3.05) is 53.4 Å². The van der Waals surface area contributed by atoms with Gasteiger partial charge in [-0.3, -0.25) is 14.6 Å². The number of piperazine rings is 1. The second-order valence-corrected chi connectivity index (χ2v) is 10.4. The molecule has 0 radical (unpaired) electrons. The third kappa shape index (κ3) is 6.25. The number of fused-ring (bicyclic) bond motifs is 1. The maximum atomic E-state index is 12.7. The molecule has 0 bridgehead atoms. The molecule has 1 N–H and O–H groups in total. The van der Waals surface area contributed by atoms with Crippen LogP contribution in [0.5, 0.6) is 5.75 Å². The van der Waals surface area contributed by atoms with Crippen LogP contribution in [0.3, 0.4) is 0 Å². The highest BCUT2D eigenvalue weighted by Crippen LogP contribution is 2.22. The molecule has 0 aromatic heterocycles. The smallest absolute Gasteiger partial charge is 0.251 e. The Bertz CT molecular complexity index is 1180. The molecule has 3 aromatic carbocycles. The summed E-state index contributed by atoms with van der Waals surface area (Å²) in [6.07, 6.45) is 1.94. The molecule has 6 heteroatoms. The Kier molecular flexibility index (Phi) is 7.85. The molecule has 2 heterocycles. The predicted octanol–water partition coefficient (Wildman–Crippen LogP) is 3.99. The minimum absolute atomic E-state index is 0.0192. The summed E-state index contributed by atoms with van der Waals surface area (Å²) in [7, 11) is 3.82. The molecule has 36 heavy (non-hydrogen) atoms. The van der Waals surface area contributed by atoms with Crippen molar-refractivity contribution in [3.8, 4) is 5.75 Å². The zero-order valence-corrected chi connectivity index (χ0v) is 21.6. The monoisotopic (exact) mass is 486 g/mol. The molecular formula is C30H38N4O2. The van der Waals surface area contributed by atoms with E-state index in [1.54, 1.807) is 13.2 Å². The van der Waals surface area contributed by atoms with Gasteiger partial charge in [0.1, 0.15) is 5.75 Å². The Morgan fingerprint density at radius 3 is 2.11 bits per heavy atom. The average molecular weight is 487 g/mol. The molecular weight excluding hydrogens is 448 g/mol. The topological polar surface area (TPSA) is 48.1 Å². The number of nitrogens with zero attached hydrogens (tertiary/aromatic N) is 3. The standard InChI is InChI=1S/C30H38N4O2/c1-32-14-16-34(17-15-32)22-24-7-9-25-8-6-23(18-27(25)19-24)21-33-12-10-28(11-13-33)31-30(35)26-4-3-5-29(20-26)36-2/h3-9,18-20,28H,10-17,21-22H2,1-2H3,(H,31,35). The van der Waals surface area contributed by atoms with Crippen molar-refractivity contribution in [2.24, 2.45) is 0 Å². The van der Waals surface area contributed by atoms with Crippen LogP contribution in [0.1, 0.15) is 34.3 Å². The van der Waals surface area contributed by atoms with Crippen LogP contribution in [0.25, 0.3) is 10.8 Å². The molecule has 2 fully saturated rings. The number of methoxy groups -OCH3 is 1. The Labute approximate surface area is 214 Å². The fourth-order valence-corrected chi connectivity index (χ4v) is 5.33. The third-order valence-corrected chi connectivity index (χ3v) is 7.63. The summed E-state index contributed by atoms with van der Waals surface area (Å²) in [5.41, 5.74) is 3.41. The number of hydrogen-bond donors (Lipinski definition) is 1. The van der Waals surface area contributed by atoms with Crippen molar-refractivity contribution in [3.63, 3.8) is 0 Å². The van der Waals surface area contributed by atoms with Gasteiger partial charge in [0.2, 0.25) is 0 Å². The van der Waals surface area contributed by atoms with Gasteiger partial charge in [0.25, 0.3) is 5.91 Å². The van der Waals surface area contributed by atoms with E-state index in [0.29, 0.717) is 11.3 Å². The maximum absolute atomic E-state index is 12.7. The van der Waals surface area contributed by atoms with E-state index in [0.717, 1.165) is 65.2 Å². The van der Waals surface area contributed by atoms with Crippen LogP contribution < -0.4 is 10.1 Å². The van der Waals surface area contributed by atoms with Gasteiger partial charge in [0.05, 0.1) is 7.11 Å². The van der Waals surface area contributed by atoms with Gasteiger partial charge in [-0.05, 0) is 72.1 Å². The number of likely N-dealkylation sites (tertiary alicyclic amines) is 1. The Morgan fingerprint density at radius 2 is 1.47 bits per heavy atom. The minimum Gasteiger partial charge on any atom is -0.497 e. The number of likely N-dealkylation sites (N-methyl/N-ethyl adjacent to an activating group) is 1. The molecule has 0 unspecified atom stereocenters. The van der Waals surface area contributed by atoms with Gasteiger partial charge in [-0.15, -0.1) is 0 Å². The first-order valence-corrected chi connectivity index (χ1v) is 13.2. The summed E-state index contributed by atoms with van der Waals surface area (Å²) in [4.78, 5) is 20.1. The van der Waals surface area contributed by atoms with E-state index in [9.17, 15) is 4.79 Å². The zero-order chi connectivity index (χ0) is 24.9. The molecule has 2 saturated heterocycles. The first-order chi connectivity index (χ1) is 17.6. The lowest BCUT2D eigenvalue weighted by Crippen LogP contribution is -2.44. The fourth-order valence-electron chi connectivity index (χ4n) is 5.33. The van der Waals surface area contributed by atoms with Crippen molar-refractivity contribution in [2.45, 2.75) is 32.0 Å². The van der Waals surface area contributed by atoms with Crippen LogP contribution in [0.2, 0.25) is 0 Å². The molecule has 190 valence electrons. The van der Waals surface area contributed by atoms with Gasteiger partial charge >= 0.3 is 0 Å². The van der Waals surface area contributed by atoms with Gasteiger partial charge < -0.3 is 15.0 Å². The summed E-state index contributed by atoms with van der Waals surface area (Å²) in [6.45, 7) is 8.56. The van der Waals surface area contributed by atoms with Crippen molar-refractivity contribution in [1.29, 1.82) is 0 Å². The Balaban J connectivity index is 1.14. The van der Waals surface area contributed by atoms with E-state index in [2.05, 4.69) is 63.5 Å². The molecule has 1 amide bonds. The van der Waals surface area contributed by atoms with Crippen molar-refractivity contribution < 1.29 is 9.53 Å². The lowest BCUT2D eigenvalue weighted by atomic mass is 10.0. The number of amides is 1. The molecule has 6 nitrogen and oxygen atoms in total. The largest absolute Gasteiger partial charge is 0.497 e. The first kappa shape index (κ1) is 24.8. The number of carbonyl (C=O) groups excluding carboxylic acids is 1. The lowest BCUT2D eigenvalue weighted by Gasteiger charge is -2.32. The van der Waals surface area contributed by atoms with Gasteiger partial charge in [-0.25, -0.2) is 0 Å². The van der Waals surface area contributed by atoms with E-state index >= 15 is 0 Å². The summed E-state index contributed by atoms with van der Waals surface area (Å²) in [6, 6.07) is 21.4. The summed E-state index contributed by atoms with van der Waals surface area (Å²) < 4.78 is 5.25. The minimum atomic E-state index is -0.0192. The van der Waals surface area contributed by atoms with Crippen molar-refractivity contribution in [3.05, 3.63) is 77.4 Å². The summed E-state index contributed by atoms with van der Waals surface area (Å²) >= 11 is 0. The van der Waals surface area contributed by atoms with E-state index in [-0.39, 0.29) is 11.9 Å². The van der Waals surface area contributed by atoms with Crippen LogP contribution in [0.4, 0.5) is 0 Å². The highest BCUT2D eigenvalue weighted by atomic mass is 16.5. The number of hydrogen-bond acceptors (Lipinski definition) is 5. The van der Waals surface area contributed by atoms with Crippen LogP contribution >= 0.6 is 0 Å². The maximum Gasteiger partial charge on any atom is 0.251 e. The number of benzene rings is 3. The summed E-state index contributed by atoms with van der Waals surface area (Å²) in [5.74, 6) is 0.688. The number of rotatable bonds is 7. The van der Waals surface area contributed by atoms with E-state index < -0.39 is 0 Å². The SMILES string of the molecule is COc1cccc(C(=O)NC2CCN(Cc3ccc4ccc(CN5CCN(C)CC5)cc4c3)CC2)c1. The van der Waals surface area contributed by atoms with Gasteiger partial charge in [0, 0.05) is 64.0 Å². The normalized spacial score (nSPS) is 18.4. The Hall–Kier alpha value is -2.93. The molecule has 2 aliphatic rings. The van der Waals surface area contributed by atoms with Crippen molar-refractivity contribution >= 4 is 16.7 Å². The second kappa shape index (κ2) is 11.4. The number of ether oxygens (including phenoxy) is 1. The van der Waals surface area contributed by atoms with Crippen LogP contribution in [0.15, 0.2) is 60.7 Å². The first-order valence-electron chi connectivity index (χ1n) is 13.2. The van der Waals surface area contributed by atoms with Gasteiger partial charge in [0.15, 0.2) is 0 Å². The van der Waals surface area contributed by atoms with Gasteiger partial charge in [-0.2, -0.15) is 0 Å². The predicted molar refractivity (Wildman–Crippen MR) is 145 cm³/mol. The fraction of sp³-hybridized carbons (Fsp3) is 0.433. The highest BCUT2D eigenvalue weighted by Gasteiger charge is 2.21. The molecule has 0 aliphatic carbocycles. The van der Waals surface area contributed by atoms with E-state index in [4.69, 9.17) is 4.74 Å². The second-order valence-electron chi connectivity index (χ2n) is 10.4. The molecule has 2 aliphatic heterocycles. The molecule has 3 aromatic rings. The van der Waals surface area contributed by atoms with Crippen LogP contribution in [0, 0.1) is 0 Å².